The van der Waals surface area contributed by atoms with E-state index in [9.17, 15) is 4.79 Å². The highest BCUT2D eigenvalue weighted by Gasteiger charge is 2.60. The van der Waals surface area contributed by atoms with E-state index in [0.29, 0.717) is 12.5 Å². The van der Waals surface area contributed by atoms with Gasteiger partial charge < -0.3 is 10.0 Å². The zero-order valence-electron chi connectivity index (χ0n) is 7.36. The van der Waals surface area contributed by atoms with Crippen LogP contribution >= 0.6 is 0 Å². The Morgan fingerprint density at radius 3 is 3.08 bits per heavy atom. The third-order valence-corrected chi connectivity index (χ3v) is 3.20. The molecule has 70 valence electrons. The van der Waals surface area contributed by atoms with Crippen LogP contribution in [0.1, 0.15) is 12.8 Å². The molecule has 1 saturated heterocycles. The second-order valence-corrected chi connectivity index (χ2v) is 4.03. The Morgan fingerprint density at radius 1 is 1.77 bits per heavy atom. The van der Waals surface area contributed by atoms with Crippen molar-refractivity contribution in [1.82, 2.24) is 4.90 Å². The van der Waals surface area contributed by atoms with Crippen LogP contribution in [0, 0.1) is 22.7 Å². The number of aliphatic hydroxyl groups is 1. The van der Waals surface area contributed by atoms with E-state index < -0.39 is 0 Å². The Morgan fingerprint density at radius 2 is 2.54 bits per heavy atom. The highest BCUT2D eigenvalue weighted by molar-refractivity contribution is 5.78. The second kappa shape index (κ2) is 2.71. The summed E-state index contributed by atoms with van der Waals surface area (Å²) < 4.78 is 0. The first-order valence-corrected chi connectivity index (χ1v) is 4.47. The first-order chi connectivity index (χ1) is 6.22. The minimum absolute atomic E-state index is 0.00508. The number of carbonyl (C=O) groups is 1. The van der Waals surface area contributed by atoms with E-state index in [0.717, 1.165) is 13.0 Å². The smallest absolute Gasteiger partial charge is 0.236 e. The number of likely N-dealkylation sites (tertiary alicyclic amines) is 1. The lowest BCUT2D eigenvalue weighted by molar-refractivity contribution is -0.129. The second-order valence-electron chi connectivity index (χ2n) is 4.03. The molecule has 1 aliphatic carbocycles. The van der Waals surface area contributed by atoms with Gasteiger partial charge in [0, 0.05) is 18.5 Å². The van der Waals surface area contributed by atoms with E-state index in [1.54, 1.807) is 4.90 Å². The van der Waals surface area contributed by atoms with Crippen LogP contribution < -0.4 is 0 Å². The molecule has 4 nitrogen and oxygen atoms in total. The molecule has 0 aromatic heterocycles. The van der Waals surface area contributed by atoms with Gasteiger partial charge in [0.05, 0.1) is 12.7 Å². The average Bonchev–Trinajstić information content (AvgIpc) is 2.70. The summed E-state index contributed by atoms with van der Waals surface area (Å²) in [6.45, 7) is 1.56. The van der Waals surface area contributed by atoms with Crippen molar-refractivity contribution in [3.05, 3.63) is 0 Å². The fourth-order valence-electron chi connectivity index (χ4n) is 2.21. The molecule has 0 bridgehead atoms. The van der Waals surface area contributed by atoms with Crippen LogP contribution in [0.15, 0.2) is 0 Å². The molecule has 1 aliphatic heterocycles. The lowest BCUT2D eigenvalue weighted by Crippen LogP contribution is -2.32. The molecule has 4 heteroatoms. The Hall–Kier alpha value is -1.08. The first kappa shape index (κ1) is 8.52. The lowest BCUT2D eigenvalue weighted by atomic mass is 10.1. The fourth-order valence-corrected chi connectivity index (χ4v) is 2.21. The molecule has 0 spiro atoms. The van der Waals surface area contributed by atoms with Crippen molar-refractivity contribution in [2.75, 3.05) is 19.7 Å². The summed E-state index contributed by atoms with van der Waals surface area (Å²) in [4.78, 5) is 13.0. The van der Waals surface area contributed by atoms with E-state index in [-0.39, 0.29) is 24.3 Å². The summed E-state index contributed by atoms with van der Waals surface area (Å²) in [5, 5.41) is 17.4. The van der Waals surface area contributed by atoms with Crippen LogP contribution in [-0.2, 0) is 4.79 Å². The molecule has 2 aliphatic rings. The number of nitrogens with zero attached hydrogens (tertiary/aromatic N) is 2. The molecule has 0 aromatic rings. The molecule has 1 saturated carbocycles. The molecule has 2 atom stereocenters. The van der Waals surface area contributed by atoms with Crippen molar-refractivity contribution in [2.45, 2.75) is 12.8 Å². The van der Waals surface area contributed by atoms with Crippen LogP contribution in [0.5, 0.6) is 0 Å². The van der Waals surface area contributed by atoms with Gasteiger partial charge in [-0.3, -0.25) is 4.79 Å². The molecule has 13 heavy (non-hydrogen) atoms. The van der Waals surface area contributed by atoms with E-state index in [4.69, 9.17) is 10.4 Å². The zero-order chi connectivity index (χ0) is 9.47. The fraction of sp³-hybridized carbons (Fsp3) is 0.778. The van der Waals surface area contributed by atoms with Gasteiger partial charge in [-0.2, -0.15) is 5.26 Å². The Kier molecular flexibility index (Phi) is 1.77. The molecular weight excluding hydrogens is 168 g/mol. The molecule has 0 aromatic carbocycles. The van der Waals surface area contributed by atoms with Gasteiger partial charge in [-0.1, -0.05) is 0 Å². The van der Waals surface area contributed by atoms with Crippen molar-refractivity contribution < 1.29 is 9.90 Å². The van der Waals surface area contributed by atoms with Gasteiger partial charge in [-0.15, -0.1) is 0 Å². The minimum Gasteiger partial charge on any atom is -0.396 e. The van der Waals surface area contributed by atoms with Crippen molar-refractivity contribution in [2.24, 2.45) is 11.3 Å². The molecule has 2 unspecified atom stereocenters. The number of fused-ring (bicyclic) bond motifs is 1. The summed E-state index contributed by atoms with van der Waals surface area (Å²) in [6, 6.07) is 1.85. The summed E-state index contributed by atoms with van der Waals surface area (Å²) >= 11 is 0. The maximum Gasteiger partial charge on any atom is 0.236 e. The number of nitriles is 1. The number of hydrogen-bond donors (Lipinski definition) is 1. The standard InChI is InChI=1S/C9H12N2O2/c10-2-1-8(13)11-4-7-3-9(7,5-11)6-12/h7,12H,1,3-6H2. The van der Waals surface area contributed by atoms with Gasteiger partial charge in [-0.25, -0.2) is 0 Å². The largest absolute Gasteiger partial charge is 0.396 e. The molecule has 1 amide bonds. The minimum atomic E-state index is -0.0949. The van der Waals surface area contributed by atoms with Crippen molar-refractivity contribution in [3.63, 3.8) is 0 Å². The summed E-state index contributed by atoms with van der Waals surface area (Å²) in [5.41, 5.74) is 0.00508. The average molecular weight is 180 g/mol. The van der Waals surface area contributed by atoms with Crippen LogP contribution in [-0.4, -0.2) is 35.6 Å². The lowest BCUT2D eigenvalue weighted by Gasteiger charge is -2.18. The van der Waals surface area contributed by atoms with Crippen LogP contribution in [0.2, 0.25) is 0 Å². The zero-order valence-corrected chi connectivity index (χ0v) is 7.36. The van der Waals surface area contributed by atoms with Gasteiger partial charge >= 0.3 is 0 Å². The van der Waals surface area contributed by atoms with Gasteiger partial charge in [0.1, 0.15) is 6.42 Å². The highest BCUT2D eigenvalue weighted by Crippen LogP contribution is 2.57. The molecular formula is C9H12N2O2. The van der Waals surface area contributed by atoms with Gasteiger partial charge in [0.15, 0.2) is 0 Å². The molecule has 0 radical (unpaired) electrons. The number of amides is 1. The third-order valence-electron chi connectivity index (χ3n) is 3.20. The number of piperidine rings is 1. The first-order valence-electron chi connectivity index (χ1n) is 4.47. The van der Waals surface area contributed by atoms with E-state index >= 15 is 0 Å². The summed E-state index contributed by atoms with van der Waals surface area (Å²) in [5.74, 6) is 0.391. The Labute approximate surface area is 76.8 Å². The monoisotopic (exact) mass is 180 g/mol. The maximum atomic E-state index is 11.3. The van der Waals surface area contributed by atoms with Crippen molar-refractivity contribution in [3.8, 4) is 6.07 Å². The highest BCUT2D eigenvalue weighted by atomic mass is 16.3. The van der Waals surface area contributed by atoms with Crippen LogP contribution in [0.4, 0.5) is 0 Å². The third kappa shape index (κ3) is 1.20. The predicted molar refractivity (Wildman–Crippen MR) is 44.4 cm³/mol. The molecule has 1 N–H and O–H groups in total. The van der Waals surface area contributed by atoms with Gasteiger partial charge in [0.2, 0.25) is 5.91 Å². The number of rotatable bonds is 2. The number of carbonyl (C=O) groups excluding carboxylic acids is 1. The van der Waals surface area contributed by atoms with Gasteiger partial charge in [0.25, 0.3) is 0 Å². The molecule has 2 rings (SSSR count). The summed E-state index contributed by atoms with van der Waals surface area (Å²) in [7, 11) is 0. The maximum absolute atomic E-state index is 11.3. The Bertz CT molecular complexity index is 280. The van der Waals surface area contributed by atoms with E-state index in [1.807, 2.05) is 6.07 Å². The van der Waals surface area contributed by atoms with Crippen molar-refractivity contribution >= 4 is 5.91 Å². The normalized spacial score (nSPS) is 35.4. The van der Waals surface area contributed by atoms with Gasteiger partial charge in [-0.05, 0) is 12.3 Å². The van der Waals surface area contributed by atoms with Crippen LogP contribution in [0.3, 0.4) is 0 Å². The van der Waals surface area contributed by atoms with E-state index in [2.05, 4.69) is 0 Å². The number of hydrogen-bond acceptors (Lipinski definition) is 3. The van der Waals surface area contributed by atoms with Crippen LogP contribution in [0.25, 0.3) is 0 Å². The topological polar surface area (TPSA) is 64.3 Å². The number of aliphatic hydroxyl groups excluding tert-OH is 1. The quantitative estimate of drug-likeness (QED) is 0.636. The molecule has 2 fully saturated rings. The molecule has 1 heterocycles. The summed E-state index contributed by atoms with van der Waals surface area (Å²) in [6.07, 6.45) is 1.01. The van der Waals surface area contributed by atoms with Crippen molar-refractivity contribution in [1.29, 1.82) is 5.26 Å². The SMILES string of the molecule is N#CCC(=O)N1CC2CC2(CO)C1. The van der Waals surface area contributed by atoms with E-state index in [1.165, 1.54) is 0 Å². The predicted octanol–water partition coefficient (Wildman–Crippen LogP) is -0.259. The Balaban J connectivity index is 1.94.